The smallest absolute Gasteiger partial charge is 0.340 e. The minimum Gasteiger partial charge on any atom is -0.452 e. The van der Waals surface area contributed by atoms with Crippen molar-refractivity contribution in [3.63, 3.8) is 0 Å². The molecule has 27 heavy (non-hydrogen) atoms. The van der Waals surface area contributed by atoms with Crippen molar-refractivity contribution in [1.29, 1.82) is 0 Å². The Kier molecular flexibility index (Phi) is 6.84. The summed E-state index contributed by atoms with van der Waals surface area (Å²) in [5.74, 6) is -4.53. The van der Waals surface area contributed by atoms with Gasteiger partial charge in [0.2, 0.25) is 0 Å². The summed E-state index contributed by atoms with van der Waals surface area (Å²) in [4.78, 5) is 35.6. The second-order valence-electron chi connectivity index (χ2n) is 5.31. The van der Waals surface area contributed by atoms with Crippen LogP contribution in [0.4, 0.5) is 14.5 Å². The number of hydrogen-bond acceptors (Lipinski definition) is 4. The average molecular weight is 397 g/mol. The van der Waals surface area contributed by atoms with Crippen molar-refractivity contribution in [2.75, 3.05) is 18.5 Å². The van der Waals surface area contributed by atoms with Gasteiger partial charge in [0, 0.05) is 17.8 Å². The summed E-state index contributed by atoms with van der Waals surface area (Å²) >= 11 is 5.67. The van der Waals surface area contributed by atoms with Crippen LogP contribution in [-0.4, -0.2) is 30.9 Å². The van der Waals surface area contributed by atoms with E-state index in [9.17, 15) is 23.2 Å². The van der Waals surface area contributed by atoms with Gasteiger partial charge < -0.3 is 15.4 Å². The Bertz CT molecular complexity index is 890. The van der Waals surface area contributed by atoms with Crippen LogP contribution in [0.3, 0.4) is 0 Å². The van der Waals surface area contributed by atoms with Gasteiger partial charge in [-0.3, -0.25) is 9.59 Å². The van der Waals surface area contributed by atoms with Gasteiger partial charge in [0.05, 0.1) is 10.6 Å². The molecule has 0 saturated carbocycles. The number of halogens is 3. The maximum absolute atomic E-state index is 13.2. The number of rotatable bonds is 6. The van der Waals surface area contributed by atoms with Crippen LogP contribution in [0.25, 0.3) is 0 Å². The third-order valence-corrected chi connectivity index (χ3v) is 3.62. The van der Waals surface area contributed by atoms with Gasteiger partial charge in [-0.05, 0) is 37.3 Å². The van der Waals surface area contributed by atoms with Gasteiger partial charge in [0.1, 0.15) is 0 Å². The van der Waals surface area contributed by atoms with Crippen LogP contribution in [-0.2, 0) is 9.53 Å². The van der Waals surface area contributed by atoms with Crippen molar-refractivity contribution < 1.29 is 27.9 Å². The number of hydrogen-bond donors (Lipinski definition) is 2. The molecular weight excluding hydrogens is 382 g/mol. The van der Waals surface area contributed by atoms with E-state index in [-0.39, 0.29) is 10.9 Å². The second kappa shape index (κ2) is 9.09. The average Bonchev–Trinajstić information content (AvgIpc) is 2.63. The van der Waals surface area contributed by atoms with Crippen molar-refractivity contribution in [1.82, 2.24) is 5.32 Å². The van der Waals surface area contributed by atoms with Crippen LogP contribution in [0.15, 0.2) is 36.4 Å². The molecule has 9 heteroatoms. The van der Waals surface area contributed by atoms with Crippen LogP contribution >= 0.6 is 11.6 Å². The summed E-state index contributed by atoms with van der Waals surface area (Å²) in [7, 11) is 0. The topological polar surface area (TPSA) is 84.5 Å². The van der Waals surface area contributed by atoms with E-state index in [1.807, 2.05) is 0 Å². The molecule has 2 aromatic rings. The third-order valence-electron chi connectivity index (χ3n) is 3.31. The first-order chi connectivity index (χ1) is 12.8. The van der Waals surface area contributed by atoms with E-state index in [0.29, 0.717) is 29.9 Å². The molecule has 0 fully saturated rings. The lowest BCUT2D eigenvalue weighted by Gasteiger charge is -2.09. The van der Waals surface area contributed by atoms with Crippen LogP contribution in [0.1, 0.15) is 27.6 Å². The Balaban J connectivity index is 1.97. The van der Waals surface area contributed by atoms with Gasteiger partial charge in [-0.2, -0.15) is 0 Å². The Morgan fingerprint density at radius 3 is 2.52 bits per heavy atom. The molecule has 0 aliphatic carbocycles. The highest BCUT2D eigenvalue weighted by molar-refractivity contribution is 6.33. The molecule has 0 radical (unpaired) electrons. The number of anilines is 1. The lowest BCUT2D eigenvalue weighted by molar-refractivity contribution is -0.119. The van der Waals surface area contributed by atoms with E-state index in [1.165, 1.54) is 6.07 Å². The lowest BCUT2D eigenvalue weighted by atomic mass is 10.2. The summed E-state index contributed by atoms with van der Waals surface area (Å²) in [5, 5.41) is 4.74. The quantitative estimate of drug-likeness (QED) is 0.580. The Hall–Kier alpha value is -3.00. The number of ether oxygens (including phenoxy) is 1. The Morgan fingerprint density at radius 2 is 1.81 bits per heavy atom. The molecule has 0 unspecified atom stereocenters. The standard InChI is InChI=1S/C18H15ClF2N2O4/c1-2-22-17(25)10-4-3-5-11(6-10)23-16(24)9-27-18(26)12-7-14(20)15(21)8-13(12)19/h3-8H,2,9H2,1H3,(H,22,25)(H,23,24). The largest absolute Gasteiger partial charge is 0.452 e. The molecule has 0 aliphatic rings. The fourth-order valence-corrected chi connectivity index (χ4v) is 2.31. The zero-order chi connectivity index (χ0) is 20.0. The number of benzene rings is 2. The molecule has 6 nitrogen and oxygen atoms in total. The zero-order valence-corrected chi connectivity index (χ0v) is 14.9. The van der Waals surface area contributed by atoms with E-state index in [1.54, 1.807) is 25.1 Å². The molecule has 0 aliphatic heterocycles. The number of esters is 1. The van der Waals surface area contributed by atoms with E-state index < -0.39 is 35.7 Å². The highest BCUT2D eigenvalue weighted by atomic mass is 35.5. The predicted molar refractivity (Wildman–Crippen MR) is 94.7 cm³/mol. The van der Waals surface area contributed by atoms with E-state index >= 15 is 0 Å². The molecule has 0 atom stereocenters. The Morgan fingerprint density at radius 1 is 1.11 bits per heavy atom. The van der Waals surface area contributed by atoms with Gasteiger partial charge in [0.15, 0.2) is 18.2 Å². The molecule has 2 amide bonds. The van der Waals surface area contributed by atoms with Crippen molar-refractivity contribution >= 4 is 35.1 Å². The SMILES string of the molecule is CCNC(=O)c1cccc(NC(=O)COC(=O)c2cc(F)c(F)cc2Cl)c1. The summed E-state index contributed by atoms with van der Waals surface area (Å²) in [6.45, 7) is 1.55. The van der Waals surface area contributed by atoms with Crippen molar-refractivity contribution in [3.8, 4) is 0 Å². The number of nitrogens with one attached hydrogen (secondary N) is 2. The monoisotopic (exact) mass is 396 g/mol. The fourth-order valence-electron chi connectivity index (χ4n) is 2.09. The van der Waals surface area contributed by atoms with E-state index in [0.717, 1.165) is 0 Å². The molecule has 0 heterocycles. The number of amides is 2. The summed E-state index contributed by atoms with van der Waals surface area (Å²) in [6, 6.07) is 7.39. The highest BCUT2D eigenvalue weighted by Gasteiger charge is 2.17. The molecule has 0 spiro atoms. The number of carbonyl (C=O) groups excluding carboxylic acids is 3. The molecule has 2 N–H and O–H groups in total. The highest BCUT2D eigenvalue weighted by Crippen LogP contribution is 2.21. The first-order valence-electron chi connectivity index (χ1n) is 7.81. The zero-order valence-electron chi connectivity index (χ0n) is 14.1. The minimum atomic E-state index is -1.27. The first kappa shape index (κ1) is 20.3. The van der Waals surface area contributed by atoms with E-state index in [4.69, 9.17) is 16.3 Å². The molecule has 0 bridgehead atoms. The fraction of sp³-hybridized carbons (Fsp3) is 0.167. The van der Waals surface area contributed by atoms with Gasteiger partial charge in [-0.15, -0.1) is 0 Å². The summed E-state index contributed by atoms with van der Waals surface area (Å²) in [6.07, 6.45) is 0. The van der Waals surface area contributed by atoms with Crippen LogP contribution < -0.4 is 10.6 Å². The lowest BCUT2D eigenvalue weighted by Crippen LogP contribution is -2.23. The number of carbonyl (C=O) groups is 3. The maximum atomic E-state index is 13.2. The molecule has 0 aromatic heterocycles. The predicted octanol–water partition coefficient (Wildman–Crippen LogP) is 3.16. The molecule has 142 valence electrons. The normalized spacial score (nSPS) is 10.2. The maximum Gasteiger partial charge on any atom is 0.340 e. The van der Waals surface area contributed by atoms with Crippen molar-refractivity contribution in [2.24, 2.45) is 0 Å². The third kappa shape index (κ3) is 5.49. The molecule has 2 aromatic carbocycles. The van der Waals surface area contributed by atoms with Crippen molar-refractivity contribution in [2.45, 2.75) is 6.92 Å². The van der Waals surface area contributed by atoms with E-state index in [2.05, 4.69) is 10.6 Å². The van der Waals surface area contributed by atoms with Gasteiger partial charge in [0.25, 0.3) is 11.8 Å². The minimum absolute atomic E-state index is 0.298. The second-order valence-corrected chi connectivity index (χ2v) is 5.72. The van der Waals surface area contributed by atoms with Gasteiger partial charge in [-0.1, -0.05) is 17.7 Å². The van der Waals surface area contributed by atoms with Crippen LogP contribution in [0.2, 0.25) is 5.02 Å². The molecular formula is C18H15ClF2N2O4. The molecule has 0 saturated heterocycles. The molecule has 2 rings (SSSR count). The Labute approximate surface area is 158 Å². The first-order valence-corrected chi connectivity index (χ1v) is 8.19. The van der Waals surface area contributed by atoms with Gasteiger partial charge >= 0.3 is 5.97 Å². The van der Waals surface area contributed by atoms with Crippen molar-refractivity contribution in [3.05, 3.63) is 64.2 Å². The van der Waals surface area contributed by atoms with Crippen LogP contribution in [0, 0.1) is 11.6 Å². The van der Waals surface area contributed by atoms with Gasteiger partial charge in [-0.25, -0.2) is 13.6 Å². The summed E-state index contributed by atoms with van der Waals surface area (Å²) in [5.41, 5.74) is 0.271. The van der Waals surface area contributed by atoms with Crippen LogP contribution in [0.5, 0.6) is 0 Å². The summed E-state index contributed by atoms with van der Waals surface area (Å²) < 4.78 is 31.0.